The third-order valence-corrected chi connectivity index (χ3v) is 5.36. The predicted molar refractivity (Wildman–Crippen MR) is 113 cm³/mol. The zero-order valence-electron chi connectivity index (χ0n) is 17.0. The van der Waals surface area contributed by atoms with Crippen molar-refractivity contribution in [2.75, 3.05) is 7.11 Å². The molecule has 10 nitrogen and oxygen atoms in total. The average Bonchev–Trinajstić information content (AvgIpc) is 2.76. The standard InChI is InChI=1S/C21H18ClN3O7/c1-11-17(20(28)32-2)18(14-7-8-15(22)16(9-14)25(30)31)23-21(29)24(11)10-12-3-5-13(6-4-12)19(26)27/h3-9,18H,10H2,1-2H3,(H,23,29)(H,26,27). The molecule has 1 aliphatic rings. The van der Waals surface area contributed by atoms with Gasteiger partial charge in [-0.3, -0.25) is 15.0 Å². The summed E-state index contributed by atoms with van der Waals surface area (Å²) < 4.78 is 4.89. The van der Waals surface area contributed by atoms with Gasteiger partial charge in [0.2, 0.25) is 0 Å². The van der Waals surface area contributed by atoms with E-state index in [2.05, 4.69) is 5.32 Å². The molecule has 32 heavy (non-hydrogen) atoms. The van der Waals surface area contributed by atoms with E-state index in [1.54, 1.807) is 19.1 Å². The summed E-state index contributed by atoms with van der Waals surface area (Å²) in [4.78, 5) is 48.4. The lowest BCUT2D eigenvalue weighted by Gasteiger charge is -2.35. The van der Waals surface area contributed by atoms with Crippen LogP contribution in [0.2, 0.25) is 5.02 Å². The number of hydrogen-bond donors (Lipinski definition) is 2. The van der Waals surface area contributed by atoms with Crippen LogP contribution in [0.15, 0.2) is 53.7 Å². The van der Waals surface area contributed by atoms with Crippen LogP contribution in [-0.2, 0) is 16.1 Å². The van der Waals surface area contributed by atoms with Crippen LogP contribution in [0.3, 0.4) is 0 Å². The third kappa shape index (κ3) is 4.40. The highest BCUT2D eigenvalue weighted by Gasteiger charge is 2.37. The molecule has 2 N–H and O–H groups in total. The SMILES string of the molecule is COC(=O)C1=C(C)N(Cc2ccc(C(=O)O)cc2)C(=O)NC1c1ccc(Cl)c([N+](=O)[O-])c1. The van der Waals surface area contributed by atoms with E-state index in [9.17, 15) is 24.5 Å². The molecule has 3 rings (SSSR count). The van der Waals surface area contributed by atoms with Gasteiger partial charge >= 0.3 is 18.0 Å². The average molecular weight is 460 g/mol. The number of allylic oxidation sites excluding steroid dienone is 1. The Hall–Kier alpha value is -3.92. The van der Waals surface area contributed by atoms with Gasteiger partial charge in [-0.25, -0.2) is 14.4 Å². The van der Waals surface area contributed by atoms with Gasteiger partial charge in [0.25, 0.3) is 5.69 Å². The topological polar surface area (TPSA) is 139 Å². The molecule has 0 spiro atoms. The van der Waals surface area contributed by atoms with Crippen molar-refractivity contribution >= 4 is 35.3 Å². The molecule has 2 aromatic carbocycles. The van der Waals surface area contributed by atoms with Gasteiger partial charge in [-0.05, 0) is 36.2 Å². The summed E-state index contributed by atoms with van der Waals surface area (Å²) in [6.45, 7) is 1.62. The van der Waals surface area contributed by atoms with Crippen molar-refractivity contribution in [3.8, 4) is 0 Å². The lowest BCUT2D eigenvalue weighted by molar-refractivity contribution is -0.384. The largest absolute Gasteiger partial charge is 0.478 e. The molecular formula is C21H18ClN3O7. The summed E-state index contributed by atoms with van der Waals surface area (Å²) in [5.41, 5.74) is 1.07. The molecular weight excluding hydrogens is 442 g/mol. The second-order valence-corrected chi connectivity index (χ2v) is 7.34. The maximum atomic E-state index is 12.9. The fourth-order valence-corrected chi connectivity index (χ4v) is 3.57. The summed E-state index contributed by atoms with van der Waals surface area (Å²) in [5, 5.41) is 22.9. The number of benzene rings is 2. The number of urea groups is 1. The minimum Gasteiger partial charge on any atom is -0.478 e. The predicted octanol–water partition coefficient (Wildman–Crippen LogP) is 3.66. The van der Waals surface area contributed by atoms with Crippen molar-refractivity contribution in [1.29, 1.82) is 0 Å². The molecule has 11 heteroatoms. The molecule has 1 aliphatic heterocycles. The summed E-state index contributed by atoms with van der Waals surface area (Å²) in [5.74, 6) is -1.78. The lowest BCUT2D eigenvalue weighted by Crippen LogP contribution is -2.47. The molecule has 0 bridgehead atoms. The Bertz CT molecular complexity index is 1140. The fourth-order valence-electron chi connectivity index (χ4n) is 3.38. The van der Waals surface area contributed by atoms with Crippen LogP contribution in [-0.4, -0.2) is 40.0 Å². The number of ether oxygens (including phenoxy) is 1. The zero-order valence-corrected chi connectivity index (χ0v) is 17.8. The van der Waals surface area contributed by atoms with E-state index in [0.717, 1.165) is 0 Å². The van der Waals surface area contributed by atoms with Crippen LogP contribution in [0.1, 0.15) is 34.5 Å². The lowest BCUT2D eigenvalue weighted by atomic mass is 9.94. The summed E-state index contributed by atoms with van der Waals surface area (Å²) in [6, 6.07) is 8.43. The van der Waals surface area contributed by atoms with Crippen LogP contribution >= 0.6 is 11.6 Å². The van der Waals surface area contributed by atoms with Gasteiger partial charge in [0, 0.05) is 11.8 Å². The first-order valence-electron chi connectivity index (χ1n) is 9.27. The van der Waals surface area contributed by atoms with Crippen molar-refractivity contribution in [2.24, 2.45) is 0 Å². The Balaban J connectivity index is 2.02. The quantitative estimate of drug-likeness (QED) is 0.381. The number of nitro groups is 1. The normalized spacial score (nSPS) is 15.9. The third-order valence-electron chi connectivity index (χ3n) is 5.04. The first-order chi connectivity index (χ1) is 15.1. The van der Waals surface area contributed by atoms with E-state index in [4.69, 9.17) is 21.4 Å². The molecule has 0 aromatic heterocycles. The number of aromatic carboxylic acids is 1. The zero-order chi connectivity index (χ0) is 23.6. The molecule has 2 aromatic rings. The fraction of sp³-hybridized carbons (Fsp3) is 0.190. The monoisotopic (exact) mass is 459 g/mol. The van der Waals surface area contributed by atoms with Crippen molar-refractivity contribution < 1.29 is 29.2 Å². The van der Waals surface area contributed by atoms with E-state index in [-0.39, 0.29) is 28.4 Å². The number of carboxylic acids is 1. The van der Waals surface area contributed by atoms with Crippen molar-refractivity contribution in [3.05, 3.63) is 85.6 Å². The number of carbonyl (C=O) groups is 3. The number of esters is 1. The summed E-state index contributed by atoms with van der Waals surface area (Å²) in [6.07, 6.45) is 0. The molecule has 1 unspecified atom stereocenters. The van der Waals surface area contributed by atoms with E-state index in [1.807, 2.05) is 0 Å². The Kier molecular flexibility index (Phi) is 6.45. The van der Waals surface area contributed by atoms with Gasteiger partial charge in [0.15, 0.2) is 0 Å². The first kappa shape index (κ1) is 22.8. The smallest absolute Gasteiger partial charge is 0.337 e. The second kappa shape index (κ2) is 9.06. The van der Waals surface area contributed by atoms with Crippen LogP contribution in [0.5, 0.6) is 0 Å². The van der Waals surface area contributed by atoms with Crippen LogP contribution < -0.4 is 5.32 Å². The highest BCUT2D eigenvalue weighted by molar-refractivity contribution is 6.32. The highest BCUT2D eigenvalue weighted by atomic mass is 35.5. The summed E-state index contributed by atoms with van der Waals surface area (Å²) >= 11 is 5.88. The second-order valence-electron chi connectivity index (χ2n) is 6.93. The molecule has 1 atom stereocenters. The number of nitrogens with zero attached hydrogens (tertiary/aromatic N) is 2. The van der Waals surface area contributed by atoms with E-state index in [0.29, 0.717) is 16.8 Å². The maximum absolute atomic E-state index is 12.9. The summed E-state index contributed by atoms with van der Waals surface area (Å²) in [7, 11) is 1.19. The van der Waals surface area contributed by atoms with Crippen LogP contribution in [0, 0.1) is 10.1 Å². The minimum atomic E-state index is -1.07. The number of rotatable bonds is 6. The number of hydrogen-bond acceptors (Lipinski definition) is 6. The molecule has 0 saturated heterocycles. The molecule has 0 saturated carbocycles. The van der Waals surface area contributed by atoms with Gasteiger partial charge < -0.3 is 15.2 Å². The van der Waals surface area contributed by atoms with Crippen LogP contribution in [0.25, 0.3) is 0 Å². The Morgan fingerprint density at radius 2 is 1.91 bits per heavy atom. The van der Waals surface area contributed by atoms with Gasteiger partial charge in [-0.2, -0.15) is 0 Å². The highest BCUT2D eigenvalue weighted by Crippen LogP contribution is 2.35. The van der Waals surface area contributed by atoms with Gasteiger partial charge in [-0.15, -0.1) is 0 Å². The number of methoxy groups -OCH3 is 1. The van der Waals surface area contributed by atoms with Crippen molar-refractivity contribution in [1.82, 2.24) is 10.2 Å². The molecule has 0 radical (unpaired) electrons. The van der Waals surface area contributed by atoms with E-state index >= 15 is 0 Å². The van der Waals surface area contributed by atoms with E-state index in [1.165, 1.54) is 42.3 Å². The number of carbonyl (C=O) groups excluding carboxylic acids is 2. The Morgan fingerprint density at radius 3 is 2.47 bits per heavy atom. The number of nitro benzene ring substituents is 1. The number of carboxylic acid groups (broad SMARTS) is 1. The maximum Gasteiger partial charge on any atom is 0.337 e. The Labute approximate surface area is 187 Å². The number of amides is 2. The molecule has 0 aliphatic carbocycles. The molecule has 1 heterocycles. The van der Waals surface area contributed by atoms with Crippen molar-refractivity contribution in [3.63, 3.8) is 0 Å². The van der Waals surface area contributed by atoms with Gasteiger partial charge in [0.1, 0.15) is 5.02 Å². The number of halogens is 1. The molecule has 166 valence electrons. The number of nitrogens with one attached hydrogen (secondary N) is 1. The molecule has 0 fully saturated rings. The van der Waals surface area contributed by atoms with Gasteiger partial charge in [-0.1, -0.05) is 29.8 Å². The van der Waals surface area contributed by atoms with Crippen molar-refractivity contribution in [2.45, 2.75) is 19.5 Å². The van der Waals surface area contributed by atoms with Crippen LogP contribution in [0.4, 0.5) is 10.5 Å². The minimum absolute atomic E-state index is 0.0611. The molecule has 2 amide bonds. The van der Waals surface area contributed by atoms with E-state index < -0.39 is 28.9 Å². The Morgan fingerprint density at radius 1 is 1.25 bits per heavy atom. The van der Waals surface area contributed by atoms with Gasteiger partial charge in [0.05, 0.1) is 35.8 Å². The first-order valence-corrected chi connectivity index (χ1v) is 9.65.